The average Bonchev–Trinajstić information content (AvgIpc) is 3.28. The van der Waals surface area contributed by atoms with E-state index in [1.54, 1.807) is 0 Å². The van der Waals surface area contributed by atoms with E-state index in [4.69, 9.17) is 0 Å². The summed E-state index contributed by atoms with van der Waals surface area (Å²) in [6.07, 6.45) is 4.15. The highest BCUT2D eigenvalue weighted by Crippen LogP contribution is 2.21. The molecule has 1 aliphatic heterocycles. The van der Waals surface area contributed by atoms with Crippen LogP contribution in [0.2, 0.25) is 0 Å². The number of nitrogens with zero attached hydrogens (tertiary/aromatic N) is 5. The number of imidazole rings is 1. The summed E-state index contributed by atoms with van der Waals surface area (Å²) < 4.78 is 4.24. The molecule has 2 aromatic heterocycles. The molecule has 4 rings (SSSR count). The fraction of sp³-hybridized carbons (Fsp3) is 0.400. The maximum atomic E-state index is 10.0. The van der Waals surface area contributed by atoms with Crippen molar-refractivity contribution in [2.45, 2.75) is 45.6 Å². The molecule has 1 atom stereocenters. The van der Waals surface area contributed by atoms with Gasteiger partial charge in [-0.3, -0.25) is 9.58 Å². The second-order valence-electron chi connectivity index (χ2n) is 6.88. The Kier molecular flexibility index (Phi) is 4.86. The third-order valence-corrected chi connectivity index (χ3v) is 4.99. The summed E-state index contributed by atoms with van der Waals surface area (Å²) in [7, 11) is 0. The third-order valence-electron chi connectivity index (χ3n) is 4.99. The maximum Gasteiger partial charge on any atom is 0.123 e. The molecule has 26 heavy (non-hydrogen) atoms. The Morgan fingerprint density at radius 3 is 2.81 bits per heavy atom. The molecule has 1 aromatic carbocycles. The van der Waals surface area contributed by atoms with Crippen LogP contribution in [-0.4, -0.2) is 35.9 Å². The highest BCUT2D eigenvalue weighted by molar-refractivity contribution is 5.16. The van der Waals surface area contributed by atoms with Gasteiger partial charge in [0.1, 0.15) is 5.82 Å². The summed E-state index contributed by atoms with van der Waals surface area (Å²) in [4.78, 5) is 6.96. The van der Waals surface area contributed by atoms with Gasteiger partial charge in [-0.15, -0.1) is 0 Å². The summed E-state index contributed by atoms with van der Waals surface area (Å²) >= 11 is 0. The number of rotatable bonds is 6. The van der Waals surface area contributed by atoms with Gasteiger partial charge in [-0.1, -0.05) is 37.3 Å². The lowest BCUT2D eigenvalue weighted by Gasteiger charge is -2.27. The number of aliphatic hydroxyl groups is 1. The van der Waals surface area contributed by atoms with Gasteiger partial charge in [0.15, 0.2) is 0 Å². The van der Waals surface area contributed by atoms with E-state index in [0.717, 1.165) is 44.2 Å². The molecule has 0 unspecified atom stereocenters. The van der Waals surface area contributed by atoms with E-state index in [9.17, 15) is 5.11 Å². The minimum Gasteiger partial charge on any atom is -0.387 e. The highest BCUT2D eigenvalue weighted by atomic mass is 16.3. The zero-order chi connectivity index (χ0) is 17.9. The van der Waals surface area contributed by atoms with Gasteiger partial charge in [0.05, 0.1) is 30.6 Å². The van der Waals surface area contributed by atoms with Crippen LogP contribution in [0.25, 0.3) is 0 Å². The smallest absolute Gasteiger partial charge is 0.123 e. The van der Waals surface area contributed by atoms with Gasteiger partial charge in [-0.05, 0) is 18.1 Å². The average molecular weight is 351 g/mol. The summed E-state index contributed by atoms with van der Waals surface area (Å²) in [5.74, 6) is 1.08. The fourth-order valence-electron chi connectivity index (χ4n) is 3.47. The van der Waals surface area contributed by atoms with E-state index in [0.29, 0.717) is 6.42 Å². The van der Waals surface area contributed by atoms with Crippen molar-refractivity contribution in [3.63, 3.8) is 0 Å². The Labute approximate surface area is 153 Å². The first-order chi connectivity index (χ1) is 12.7. The first kappa shape index (κ1) is 17.0. The number of hydrogen-bond donors (Lipinski definition) is 1. The van der Waals surface area contributed by atoms with Crippen LogP contribution in [0.3, 0.4) is 0 Å². The largest absolute Gasteiger partial charge is 0.387 e. The Bertz CT molecular complexity index is 854. The van der Waals surface area contributed by atoms with E-state index >= 15 is 0 Å². The van der Waals surface area contributed by atoms with Crippen LogP contribution >= 0.6 is 0 Å². The summed E-state index contributed by atoms with van der Waals surface area (Å²) in [5, 5.41) is 14.6. The lowest BCUT2D eigenvalue weighted by atomic mass is 10.2. The SMILES string of the molecule is CC[C@H](O)c1cc2n(n1)CCN(Cc1nccn1Cc1ccccc1)C2. The number of fused-ring (bicyclic) bond motifs is 1. The van der Waals surface area contributed by atoms with Crippen molar-refractivity contribution < 1.29 is 5.11 Å². The number of hydrogen-bond acceptors (Lipinski definition) is 4. The van der Waals surface area contributed by atoms with Gasteiger partial charge >= 0.3 is 0 Å². The molecule has 136 valence electrons. The van der Waals surface area contributed by atoms with Crippen LogP contribution in [0.4, 0.5) is 0 Å². The molecule has 0 amide bonds. The second kappa shape index (κ2) is 7.43. The molecule has 1 N–H and O–H groups in total. The van der Waals surface area contributed by atoms with Crippen molar-refractivity contribution in [1.82, 2.24) is 24.2 Å². The normalized spacial score (nSPS) is 15.8. The number of aromatic nitrogens is 4. The maximum absolute atomic E-state index is 10.0. The molecule has 3 heterocycles. The molecule has 6 nitrogen and oxygen atoms in total. The first-order valence-electron chi connectivity index (χ1n) is 9.24. The fourth-order valence-corrected chi connectivity index (χ4v) is 3.47. The van der Waals surface area contributed by atoms with Gasteiger partial charge in [-0.25, -0.2) is 4.98 Å². The Morgan fingerprint density at radius 2 is 2.00 bits per heavy atom. The Morgan fingerprint density at radius 1 is 1.15 bits per heavy atom. The minimum absolute atomic E-state index is 0.466. The van der Waals surface area contributed by atoms with E-state index in [1.165, 1.54) is 11.3 Å². The highest BCUT2D eigenvalue weighted by Gasteiger charge is 2.21. The van der Waals surface area contributed by atoms with Crippen LogP contribution in [0, 0.1) is 0 Å². The summed E-state index contributed by atoms with van der Waals surface area (Å²) in [6.45, 7) is 6.26. The van der Waals surface area contributed by atoms with E-state index in [2.05, 4.69) is 43.8 Å². The molecule has 0 saturated carbocycles. The van der Waals surface area contributed by atoms with Crippen LogP contribution in [-0.2, 0) is 26.2 Å². The van der Waals surface area contributed by atoms with E-state index in [1.807, 2.05) is 36.1 Å². The van der Waals surface area contributed by atoms with Crippen molar-refractivity contribution in [2.24, 2.45) is 0 Å². The topological polar surface area (TPSA) is 59.1 Å². The molecule has 0 fully saturated rings. The van der Waals surface area contributed by atoms with E-state index < -0.39 is 6.10 Å². The molecule has 3 aromatic rings. The molecule has 0 saturated heterocycles. The van der Waals surface area contributed by atoms with Crippen molar-refractivity contribution in [3.05, 3.63) is 71.6 Å². The molecule has 0 aliphatic carbocycles. The molecule has 0 radical (unpaired) electrons. The predicted molar refractivity (Wildman–Crippen MR) is 99.4 cm³/mol. The molecular formula is C20H25N5O. The van der Waals surface area contributed by atoms with Gasteiger partial charge in [0.25, 0.3) is 0 Å². The zero-order valence-electron chi connectivity index (χ0n) is 15.1. The molecule has 6 heteroatoms. The third kappa shape index (κ3) is 3.57. The monoisotopic (exact) mass is 351 g/mol. The molecular weight excluding hydrogens is 326 g/mol. The van der Waals surface area contributed by atoms with Crippen LogP contribution in [0.1, 0.15) is 42.2 Å². The van der Waals surface area contributed by atoms with Gasteiger partial charge in [0, 0.05) is 32.0 Å². The Balaban J connectivity index is 1.44. The summed E-state index contributed by atoms with van der Waals surface area (Å²) in [6, 6.07) is 12.5. The molecule has 1 aliphatic rings. The molecule has 0 bridgehead atoms. The number of aliphatic hydroxyl groups excluding tert-OH is 1. The van der Waals surface area contributed by atoms with Crippen LogP contribution in [0.5, 0.6) is 0 Å². The van der Waals surface area contributed by atoms with Crippen molar-refractivity contribution >= 4 is 0 Å². The standard InChI is InChI=1S/C20H25N5O/c1-2-19(26)18-12-17-14-23(10-11-25(17)22-18)15-20-21-8-9-24(20)13-16-6-4-3-5-7-16/h3-9,12,19,26H,2,10-11,13-15H2,1H3/t19-/m0/s1. The van der Waals surface area contributed by atoms with Crippen molar-refractivity contribution in [3.8, 4) is 0 Å². The second-order valence-corrected chi connectivity index (χ2v) is 6.88. The van der Waals surface area contributed by atoms with Crippen molar-refractivity contribution in [2.75, 3.05) is 6.54 Å². The Hall–Kier alpha value is -2.44. The number of benzene rings is 1. The van der Waals surface area contributed by atoms with Crippen LogP contribution < -0.4 is 0 Å². The molecule has 0 spiro atoms. The van der Waals surface area contributed by atoms with Gasteiger partial charge in [-0.2, -0.15) is 5.10 Å². The first-order valence-corrected chi connectivity index (χ1v) is 9.24. The van der Waals surface area contributed by atoms with Gasteiger partial charge in [0.2, 0.25) is 0 Å². The lowest BCUT2D eigenvalue weighted by molar-refractivity contribution is 0.166. The predicted octanol–water partition coefficient (Wildman–Crippen LogP) is 2.59. The van der Waals surface area contributed by atoms with Gasteiger partial charge < -0.3 is 9.67 Å². The van der Waals surface area contributed by atoms with E-state index in [-0.39, 0.29) is 0 Å². The minimum atomic E-state index is -0.466. The quantitative estimate of drug-likeness (QED) is 0.742. The summed E-state index contributed by atoms with van der Waals surface area (Å²) in [5.41, 5.74) is 3.23. The van der Waals surface area contributed by atoms with Crippen LogP contribution in [0.15, 0.2) is 48.8 Å². The zero-order valence-corrected chi connectivity index (χ0v) is 15.1. The van der Waals surface area contributed by atoms with Crippen molar-refractivity contribution in [1.29, 1.82) is 0 Å². The lowest BCUT2D eigenvalue weighted by Crippen LogP contribution is -2.34.